The molecule has 1 N–H and O–H groups in total. The molecule has 2 rings (SSSR count). The van der Waals surface area contributed by atoms with Gasteiger partial charge in [-0.05, 0) is 44.6 Å². The Morgan fingerprint density at radius 1 is 1.32 bits per heavy atom. The van der Waals surface area contributed by atoms with E-state index in [0.717, 1.165) is 18.8 Å². The molecule has 0 spiro atoms. The van der Waals surface area contributed by atoms with Gasteiger partial charge in [-0.3, -0.25) is 0 Å². The molecule has 5 heteroatoms. The Kier molecular flexibility index (Phi) is 4.02. The van der Waals surface area contributed by atoms with Crippen molar-refractivity contribution in [1.29, 1.82) is 0 Å². The van der Waals surface area contributed by atoms with Crippen LogP contribution in [0.2, 0.25) is 0 Å². The number of nitrogens with zero attached hydrogens (tertiary/aromatic N) is 3. The Morgan fingerprint density at radius 2 is 1.95 bits per heavy atom. The second-order valence-corrected chi connectivity index (χ2v) is 5.52. The summed E-state index contributed by atoms with van der Waals surface area (Å²) in [6, 6.07) is 1.92. The molecule has 1 aliphatic rings. The van der Waals surface area contributed by atoms with Crippen LogP contribution < -0.4 is 4.90 Å². The number of aromatic nitrogens is 2. The van der Waals surface area contributed by atoms with Crippen LogP contribution in [0.4, 0.5) is 5.95 Å². The van der Waals surface area contributed by atoms with E-state index in [1.165, 1.54) is 18.9 Å². The molecule has 0 unspecified atom stereocenters. The van der Waals surface area contributed by atoms with Gasteiger partial charge in [0.2, 0.25) is 5.95 Å². The molecule has 1 aromatic heterocycles. The molecule has 5 nitrogen and oxygen atoms in total. The van der Waals surface area contributed by atoms with E-state index in [-0.39, 0.29) is 5.69 Å². The average molecular weight is 263 g/mol. The summed E-state index contributed by atoms with van der Waals surface area (Å²) in [4.78, 5) is 21.6. The van der Waals surface area contributed by atoms with Gasteiger partial charge in [0.1, 0.15) is 0 Å². The molecule has 0 aliphatic heterocycles. The highest BCUT2D eigenvalue weighted by molar-refractivity contribution is 5.85. The maximum atomic E-state index is 11.0. The van der Waals surface area contributed by atoms with Crippen LogP contribution in [0.1, 0.15) is 48.8 Å². The van der Waals surface area contributed by atoms with E-state index in [0.29, 0.717) is 17.7 Å². The minimum Gasteiger partial charge on any atom is -0.477 e. The van der Waals surface area contributed by atoms with Gasteiger partial charge in [-0.1, -0.05) is 6.92 Å². The number of carbonyl (C=O) groups is 1. The molecule has 0 amide bonds. The van der Waals surface area contributed by atoms with Crippen molar-refractivity contribution < 1.29 is 9.90 Å². The summed E-state index contributed by atoms with van der Waals surface area (Å²) in [5.41, 5.74) is 0.761. The van der Waals surface area contributed by atoms with Crippen LogP contribution in [0, 0.1) is 12.8 Å². The summed E-state index contributed by atoms with van der Waals surface area (Å²) < 4.78 is 0. The molecule has 0 saturated heterocycles. The fourth-order valence-electron chi connectivity index (χ4n) is 2.61. The smallest absolute Gasteiger partial charge is 0.354 e. The van der Waals surface area contributed by atoms with Gasteiger partial charge in [0.25, 0.3) is 0 Å². The molecule has 19 heavy (non-hydrogen) atoms. The van der Waals surface area contributed by atoms with Crippen LogP contribution in [-0.4, -0.2) is 34.1 Å². The van der Waals surface area contributed by atoms with Gasteiger partial charge < -0.3 is 10.0 Å². The fourth-order valence-corrected chi connectivity index (χ4v) is 2.61. The van der Waals surface area contributed by atoms with Crippen LogP contribution in [0.15, 0.2) is 6.07 Å². The Balaban J connectivity index is 2.18. The number of anilines is 1. The lowest BCUT2D eigenvalue weighted by Crippen LogP contribution is -2.36. The minimum absolute atomic E-state index is 0.0681. The van der Waals surface area contributed by atoms with Gasteiger partial charge in [-0.2, -0.15) is 0 Å². The second-order valence-electron chi connectivity index (χ2n) is 5.52. The molecule has 1 saturated carbocycles. The summed E-state index contributed by atoms with van der Waals surface area (Å²) in [6.45, 7) is 4.08. The van der Waals surface area contributed by atoms with Crippen LogP contribution in [0.5, 0.6) is 0 Å². The van der Waals surface area contributed by atoms with Crippen LogP contribution in [0.25, 0.3) is 0 Å². The highest BCUT2D eigenvalue weighted by Crippen LogP contribution is 2.28. The zero-order chi connectivity index (χ0) is 14.0. The van der Waals surface area contributed by atoms with Crippen molar-refractivity contribution in [3.05, 3.63) is 17.5 Å². The van der Waals surface area contributed by atoms with E-state index in [1.807, 2.05) is 11.9 Å². The molecule has 1 aromatic rings. The first-order valence-corrected chi connectivity index (χ1v) is 6.79. The van der Waals surface area contributed by atoms with E-state index in [4.69, 9.17) is 5.11 Å². The van der Waals surface area contributed by atoms with E-state index < -0.39 is 5.97 Å². The molecule has 0 atom stereocenters. The first-order chi connectivity index (χ1) is 8.97. The number of aryl methyl sites for hydroxylation is 1. The molecular formula is C14H21N3O2. The number of hydrogen-bond donors (Lipinski definition) is 1. The SMILES string of the molecule is Cc1cc(C(=O)O)nc(N(C)C2CCC(C)CC2)n1. The second kappa shape index (κ2) is 5.55. The van der Waals surface area contributed by atoms with Gasteiger partial charge in [-0.25, -0.2) is 14.8 Å². The predicted molar refractivity (Wildman–Crippen MR) is 73.6 cm³/mol. The van der Waals surface area contributed by atoms with Gasteiger partial charge >= 0.3 is 5.97 Å². The molecule has 0 bridgehead atoms. The van der Waals surface area contributed by atoms with E-state index >= 15 is 0 Å². The molecule has 1 aliphatic carbocycles. The van der Waals surface area contributed by atoms with Crippen LogP contribution in [-0.2, 0) is 0 Å². The molecular weight excluding hydrogens is 242 g/mol. The quantitative estimate of drug-likeness (QED) is 0.907. The number of carboxylic acids is 1. The maximum Gasteiger partial charge on any atom is 0.354 e. The summed E-state index contributed by atoms with van der Waals surface area (Å²) in [5, 5.41) is 9.05. The number of aromatic carboxylic acids is 1. The Bertz CT molecular complexity index is 468. The van der Waals surface area contributed by atoms with Gasteiger partial charge in [-0.15, -0.1) is 0 Å². The molecule has 1 heterocycles. The normalized spacial score (nSPS) is 23.1. The third-order valence-electron chi connectivity index (χ3n) is 3.91. The lowest BCUT2D eigenvalue weighted by molar-refractivity contribution is 0.0690. The molecule has 0 aromatic carbocycles. The van der Waals surface area contributed by atoms with E-state index in [2.05, 4.69) is 16.9 Å². The highest BCUT2D eigenvalue weighted by Gasteiger charge is 2.24. The third kappa shape index (κ3) is 3.22. The first kappa shape index (κ1) is 13.8. The zero-order valence-electron chi connectivity index (χ0n) is 11.8. The topological polar surface area (TPSA) is 66.3 Å². The fraction of sp³-hybridized carbons (Fsp3) is 0.643. The summed E-state index contributed by atoms with van der Waals surface area (Å²) in [5.74, 6) is 0.312. The largest absolute Gasteiger partial charge is 0.477 e. The Labute approximate surface area is 113 Å². The van der Waals surface area contributed by atoms with Crippen molar-refractivity contribution in [3.63, 3.8) is 0 Å². The molecule has 0 radical (unpaired) electrons. The summed E-state index contributed by atoms with van der Waals surface area (Å²) in [6.07, 6.45) is 4.67. The lowest BCUT2D eigenvalue weighted by atomic mass is 9.87. The summed E-state index contributed by atoms with van der Waals surface area (Å²) in [7, 11) is 1.96. The van der Waals surface area contributed by atoms with Crippen LogP contribution >= 0.6 is 0 Å². The lowest BCUT2D eigenvalue weighted by Gasteiger charge is -2.33. The predicted octanol–water partition coefficient (Wildman–Crippen LogP) is 2.50. The monoisotopic (exact) mass is 263 g/mol. The van der Waals surface area contributed by atoms with Crippen molar-refractivity contribution in [2.75, 3.05) is 11.9 Å². The van der Waals surface area contributed by atoms with E-state index in [9.17, 15) is 4.79 Å². The van der Waals surface area contributed by atoms with Crippen molar-refractivity contribution in [1.82, 2.24) is 9.97 Å². The maximum absolute atomic E-state index is 11.0. The first-order valence-electron chi connectivity index (χ1n) is 6.79. The van der Waals surface area contributed by atoms with Gasteiger partial charge in [0, 0.05) is 18.8 Å². The zero-order valence-corrected chi connectivity index (χ0v) is 11.8. The molecule has 1 fully saturated rings. The Hall–Kier alpha value is -1.65. The van der Waals surface area contributed by atoms with Crippen molar-refractivity contribution in [3.8, 4) is 0 Å². The van der Waals surface area contributed by atoms with Gasteiger partial charge in [0.05, 0.1) is 0 Å². The van der Waals surface area contributed by atoms with E-state index in [1.54, 1.807) is 6.92 Å². The summed E-state index contributed by atoms with van der Waals surface area (Å²) >= 11 is 0. The highest BCUT2D eigenvalue weighted by atomic mass is 16.4. The minimum atomic E-state index is -1.00. The van der Waals surface area contributed by atoms with Crippen molar-refractivity contribution in [2.45, 2.75) is 45.6 Å². The standard InChI is InChI=1S/C14H21N3O2/c1-9-4-6-11(7-5-9)17(3)14-15-10(2)8-12(16-14)13(18)19/h8-9,11H,4-7H2,1-3H3,(H,18,19). The number of hydrogen-bond acceptors (Lipinski definition) is 4. The third-order valence-corrected chi connectivity index (χ3v) is 3.91. The molecule has 104 valence electrons. The number of carboxylic acid groups (broad SMARTS) is 1. The number of rotatable bonds is 3. The van der Waals surface area contributed by atoms with Crippen molar-refractivity contribution in [2.24, 2.45) is 5.92 Å². The van der Waals surface area contributed by atoms with Crippen LogP contribution in [0.3, 0.4) is 0 Å². The Morgan fingerprint density at radius 3 is 2.53 bits per heavy atom. The van der Waals surface area contributed by atoms with Crippen molar-refractivity contribution >= 4 is 11.9 Å². The van der Waals surface area contributed by atoms with Gasteiger partial charge in [0.15, 0.2) is 5.69 Å². The average Bonchev–Trinajstić information content (AvgIpc) is 2.38.